The van der Waals surface area contributed by atoms with Crippen LogP contribution in [-0.2, 0) is 0 Å². The van der Waals surface area contributed by atoms with E-state index in [1.54, 1.807) is 6.33 Å². The highest BCUT2D eigenvalue weighted by Gasteiger charge is 2.23. The molecule has 0 amide bonds. The van der Waals surface area contributed by atoms with Gasteiger partial charge in [0.25, 0.3) is 0 Å². The number of hydrogen-bond acceptors (Lipinski definition) is 5. The second-order valence-corrected chi connectivity index (χ2v) is 7.94. The molecule has 3 heterocycles. The first-order chi connectivity index (χ1) is 15.8. The smallest absolute Gasteiger partial charge is 0.247 e. The van der Waals surface area contributed by atoms with Crippen LogP contribution in [0, 0.1) is 0 Å². The van der Waals surface area contributed by atoms with E-state index in [0.29, 0.717) is 17.7 Å². The number of benzene rings is 2. The molecular weight excluding hydrogens is 400 g/mol. The molecule has 0 radical (unpaired) electrons. The first kappa shape index (κ1) is 20.3. The minimum absolute atomic E-state index is 0.406. The molecule has 0 unspecified atom stereocenters. The van der Waals surface area contributed by atoms with Crippen molar-refractivity contribution < 1.29 is 9.47 Å². The lowest BCUT2D eigenvalue weighted by molar-refractivity contribution is 0.205. The molecule has 6 heteroatoms. The van der Waals surface area contributed by atoms with Gasteiger partial charge in [-0.15, -0.1) is 6.58 Å². The van der Waals surface area contributed by atoms with Crippen molar-refractivity contribution in [3.63, 3.8) is 0 Å². The molecule has 0 aliphatic carbocycles. The van der Waals surface area contributed by atoms with Gasteiger partial charge in [0.05, 0.1) is 5.52 Å². The molecule has 2 aromatic carbocycles. The van der Waals surface area contributed by atoms with E-state index < -0.39 is 0 Å². The number of aromatic nitrogens is 3. The molecule has 6 nitrogen and oxygen atoms in total. The Bertz CT molecular complexity index is 1180. The van der Waals surface area contributed by atoms with Gasteiger partial charge in [0.1, 0.15) is 29.1 Å². The fraction of sp³-hybridized carbons (Fsp3) is 0.231. The van der Waals surface area contributed by atoms with E-state index in [-0.39, 0.29) is 0 Å². The van der Waals surface area contributed by atoms with Gasteiger partial charge in [-0.05, 0) is 55.3 Å². The molecule has 5 rings (SSSR count). The van der Waals surface area contributed by atoms with Crippen LogP contribution in [0.25, 0.3) is 11.0 Å². The van der Waals surface area contributed by atoms with Crippen LogP contribution in [0.2, 0.25) is 0 Å². The molecule has 2 aromatic heterocycles. The topological polar surface area (TPSA) is 52.4 Å². The summed E-state index contributed by atoms with van der Waals surface area (Å²) in [7, 11) is 0. The molecule has 0 atom stereocenters. The van der Waals surface area contributed by atoms with Gasteiger partial charge in [0.2, 0.25) is 5.88 Å². The van der Waals surface area contributed by atoms with Crippen molar-refractivity contribution >= 4 is 11.0 Å². The number of piperidine rings is 1. The van der Waals surface area contributed by atoms with Crippen LogP contribution in [0.15, 0.2) is 85.8 Å². The third-order valence-electron chi connectivity index (χ3n) is 5.82. The highest BCUT2D eigenvalue weighted by Crippen LogP contribution is 2.33. The zero-order chi connectivity index (χ0) is 21.8. The highest BCUT2D eigenvalue weighted by atomic mass is 16.5. The monoisotopic (exact) mass is 426 g/mol. The van der Waals surface area contributed by atoms with Gasteiger partial charge in [0.15, 0.2) is 0 Å². The number of hydrogen-bond donors (Lipinski definition) is 0. The molecule has 1 fully saturated rings. The summed E-state index contributed by atoms with van der Waals surface area (Å²) in [6, 6.07) is 19.8. The Morgan fingerprint density at radius 2 is 1.56 bits per heavy atom. The van der Waals surface area contributed by atoms with Gasteiger partial charge >= 0.3 is 0 Å². The van der Waals surface area contributed by atoms with Crippen molar-refractivity contribution in [2.24, 2.45) is 0 Å². The van der Waals surface area contributed by atoms with Gasteiger partial charge < -0.3 is 14.0 Å². The van der Waals surface area contributed by atoms with Crippen LogP contribution < -0.4 is 9.47 Å². The second-order valence-electron chi connectivity index (χ2n) is 7.94. The van der Waals surface area contributed by atoms with Crippen LogP contribution in [0.4, 0.5) is 0 Å². The molecule has 0 saturated carbocycles. The average Bonchev–Trinajstić information content (AvgIpc) is 3.27. The fourth-order valence-electron chi connectivity index (χ4n) is 4.22. The quantitative estimate of drug-likeness (QED) is 0.348. The summed E-state index contributed by atoms with van der Waals surface area (Å²) in [5.74, 6) is 2.84. The Morgan fingerprint density at radius 3 is 2.28 bits per heavy atom. The zero-order valence-corrected chi connectivity index (χ0v) is 17.9. The van der Waals surface area contributed by atoms with Crippen LogP contribution in [-0.4, -0.2) is 39.1 Å². The third-order valence-corrected chi connectivity index (χ3v) is 5.82. The van der Waals surface area contributed by atoms with Crippen LogP contribution in [0.3, 0.4) is 0 Å². The van der Waals surface area contributed by atoms with Crippen LogP contribution in [0.1, 0.15) is 18.9 Å². The lowest BCUT2D eigenvalue weighted by Crippen LogP contribution is -2.34. The summed E-state index contributed by atoms with van der Waals surface area (Å²) in [4.78, 5) is 11.3. The van der Waals surface area contributed by atoms with Gasteiger partial charge in [-0.2, -0.15) is 4.98 Å². The number of likely N-dealkylation sites (tertiary alicyclic amines) is 1. The summed E-state index contributed by atoms with van der Waals surface area (Å²) in [5.41, 5.74) is 1.84. The molecule has 1 aliphatic heterocycles. The van der Waals surface area contributed by atoms with E-state index in [9.17, 15) is 0 Å². The fourth-order valence-corrected chi connectivity index (χ4v) is 4.22. The molecular formula is C26H26N4O2. The number of rotatable bonds is 7. The second kappa shape index (κ2) is 9.24. The Labute approximate surface area is 187 Å². The first-order valence-corrected chi connectivity index (χ1v) is 11.0. The van der Waals surface area contributed by atoms with E-state index in [2.05, 4.69) is 32.2 Å². The molecule has 1 aliphatic rings. The third kappa shape index (κ3) is 4.36. The molecule has 0 bridgehead atoms. The molecule has 0 N–H and O–H groups in total. The average molecular weight is 427 g/mol. The van der Waals surface area contributed by atoms with Crippen molar-refractivity contribution in [2.45, 2.75) is 18.9 Å². The van der Waals surface area contributed by atoms with E-state index >= 15 is 0 Å². The first-order valence-electron chi connectivity index (χ1n) is 11.0. The minimum Gasteiger partial charge on any atom is -0.457 e. The normalized spacial score (nSPS) is 15.0. The summed E-state index contributed by atoms with van der Waals surface area (Å²) >= 11 is 0. The molecule has 32 heavy (non-hydrogen) atoms. The summed E-state index contributed by atoms with van der Waals surface area (Å²) in [6.07, 6.45) is 7.80. The summed E-state index contributed by atoms with van der Waals surface area (Å²) < 4.78 is 14.3. The van der Waals surface area contributed by atoms with Crippen molar-refractivity contribution in [3.05, 3.63) is 85.8 Å². The van der Waals surface area contributed by atoms with E-state index in [1.807, 2.05) is 66.7 Å². The lowest BCUT2D eigenvalue weighted by atomic mass is 10.0. The standard InChI is InChI=1S/C26H26N4O2/c1-2-15-29-16-12-20(13-17-29)30-18-14-24-25(30)26(28-19-27-24)32-23-10-8-22(9-11-23)31-21-6-4-3-5-7-21/h2-11,14,18-20H,1,12-13,15-17H2. The van der Waals surface area contributed by atoms with Gasteiger partial charge in [-0.1, -0.05) is 24.3 Å². The largest absolute Gasteiger partial charge is 0.457 e. The predicted octanol–water partition coefficient (Wildman–Crippen LogP) is 5.84. The van der Waals surface area contributed by atoms with Crippen molar-refractivity contribution in [1.82, 2.24) is 19.4 Å². The number of para-hydroxylation sites is 1. The maximum Gasteiger partial charge on any atom is 0.247 e. The maximum atomic E-state index is 6.20. The molecule has 4 aromatic rings. The van der Waals surface area contributed by atoms with Crippen molar-refractivity contribution in [1.29, 1.82) is 0 Å². The van der Waals surface area contributed by atoms with Crippen LogP contribution in [0.5, 0.6) is 23.1 Å². The van der Waals surface area contributed by atoms with Crippen LogP contribution >= 0.6 is 0 Å². The molecule has 1 saturated heterocycles. The summed E-state index contributed by atoms with van der Waals surface area (Å²) in [6.45, 7) is 6.92. The predicted molar refractivity (Wildman–Crippen MR) is 125 cm³/mol. The number of nitrogens with zero attached hydrogens (tertiary/aromatic N) is 4. The molecule has 0 spiro atoms. The van der Waals surface area contributed by atoms with Crippen molar-refractivity contribution in [2.75, 3.05) is 19.6 Å². The van der Waals surface area contributed by atoms with E-state index in [4.69, 9.17) is 9.47 Å². The SMILES string of the molecule is C=CCN1CCC(n2ccc3ncnc(Oc4ccc(Oc5ccccc5)cc4)c32)CC1. The molecule has 162 valence electrons. The number of ether oxygens (including phenoxy) is 2. The Kier molecular flexibility index (Phi) is 5.85. The minimum atomic E-state index is 0.406. The van der Waals surface area contributed by atoms with Gasteiger partial charge in [-0.3, -0.25) is 4.90 Å². The Morgan fingerprint density at radius 1 is 0.875 bits per heavy atom. The van der Waals surface area contributed by atoms with Gasteiger partial charge in [-0.25, -0.2) is 4.98 Å². The zero-order valence-electron chi connectivity index (χ0n) is 17.9. The Balaban J connectivity index is 1.34. The Hall–Kier alpha value is -3.64. The van der Waals surface area contributed by atoms with Gasteiger partial charge in [0, 0.05) is 31.9 Å². The van der Waals surface area contributed by atoms with E-state index in [1.165, 1.54) is 0 Å². The maximum absolute atomic E-state index is 6.20. The van der Waals surface area contributed by atoms with E-state index in [0.717, 1.165) is 55.0 Å². The number of fused-ring (bicyclic) bond motifs is 1. The van der Waals surface area contributed by atoms with Crippen molar-refractivity contribution in [3.8, 4) is 23.1 Å². The summed E-state index contributed by atoms with van der Waals surface area (Å²) in [5, 5.41) is 0. The highest BCUT2D eigenvalue weighted by molar-refractivity contribution is 5.81. The lowest BCUT2D eigenvalue weighted by Gasteiger charge is -2.32.